The van der Waals surface area contributed by atoms with Crippen molar-refractivity contribution in [3.05, 3.63) is 12.7 Å². The summed E-state index contributed by atoms with van der Waals surface area (Å²) in [7, 11) is 0. The molecule has 0 aromatic rings. The molecule has 0 aromatic heterocycles. The summed E-state index contributed by atoms with van der Waals surface area (Å²) in [5.74, 6) is -0.988. The van der Waals surface area contributed by atoms with Crippen molar-refractivity contribution < 1.29 is 19.0 Å². The minimum absolute atomic E-state index is 0.106. The van der Waals surface area contributed by atoms with E-state index in [-0.39, 0.29) is 12.9 Å². The average molecular weight is 142 g/mol. The molecular weight excluding hydrogens is 136 g/mol. The molecule has 0 aromatic carbocycles. The van der Waals surface area contributed by atoms with Crippen molar-refractivity contribution in [2.45, 2.75) is 12.1 Å². The van der Waals surface area contributed by atoms with Gasteiger partial charge < -0.3 is 14.2 Å². The van der Waals surface area contributed by atoms with Gasteiger partial charge in [0.05, 0.1) is 0 Å². The van der Waals surface area contributed by atoms with Crippen molar-refractivity contribution in [1.29, 1.82) is 0 Å². The molecule has 4 nitrogen and oxygen atoms in total. The third-order valence-corrected chi connectivity index (χ3v) is 1.44. The molecule has 2 heterocycles. The second-order valence-electron chi connectivity index (χ2n) is 2.19. The van der Waals surface area contributed by atoms with E-state index in [2.05, 4.69) is 11.3 Å². The fourth-order valence-corrected chi connectivity index (χ4v) is 0.670. The summed E-state index contributed by atoms with van der Waals surface area (Å²) in [6.45, 7) is 3.42. The first-order valence-electron chi connectivity index (χ1n) is 2.92. The molecule has 54 valence electrons. The van der Waals surface area contributed by atoms with Gasteiger partial charge in [0.1, 0.15) is 0 Å². The third kappa shape index (κ3) is 0.732. The normalized spacial score (nSPS) is 39.8. The zero-order chi connectivity index (χ0) is 7.19. The lowest BCUT2D eigenvalue weighted by atomic mass is 10.5. The van der Waals surface area contributed by atoms with E-state index < -0.39 is 11.8 Å². The molecule has 0 bridgehead atoms. The first kappa shape index (κ1) is 5.88. The average Bonchev–Trinajstić information content (AvgIpc) is 2.69. The topological polar surface area (TPSA) is 51.4 Å². The van der Waals surface area contributed by atoms with Gasteiger partial charge in [-0.15, -0.1) is 0 Å². The van der Waals surface area contributed by atoms with Gasteiger partial charge in [0.2, 0.25) is 6.29 Å². The molecule has 0 unspecified atom stereocenters. The first-order chi connectivity index (χ1) is 4.77. The summed E-state index contributed by atoms with van der Waals surface area (Å²) in [6.07, 6.45) is 1.00. The number of ether oxygens (including phenoxy) is 3. The molecule has 0 aliphatic carbocycles. The largest absolute Gasteiger partial charge is 0.457 e. The Hall–Kier alpha value is -0.870. The molecule has 0 atom stereocenters. The molecule has 4 heteroatoms. The van der Waals surface area contributed by atoms with E-state index in [4.69, 9.17) is 9.47 Å². The summed E-state index contributed by atoms with van der Waals surface area (Å²) in [4.78, 5) is 10.5. The Morgan fingerprint density at radius 1 is 1.80 bits per heavy atom. The predicted octanol–water partition coefficient (Wildman–Crippen LogP) is -0.202. The molecule has 2 aliphatic heterocycles. The number of carbonyl (C=O) groups is 1. The maximum atomic E-state index is 10.5. The number of hydrogen-bond acceptors (Lipinski definition) is 4. The van der Waals surface area contributed by atoms with E-state index in [1.807, 2.05) is 0 Å². The number of esters is 1. The van der Waals surface area contributed by atoms with Crippen LogP contribution in [-0.2, 0) is 19.0 Å². The van der Waals surface area contributed by atoms with Crippen LogP contribution in [0, 0.1) is 0 Å². The second-order valence-corrected chi connectivity index (χ2v) is 2.19. The van der Waals surface area contributed by atoms with Crippen LogP contribution in [0.5, 0.6) is 0 Å². The third-order valence-electron chi connectivity index (χ3n) is 1.44. The van der Waals surface area contributed by atoms with Crippen molar-refractivity contribution in [3.8, 4) is 0 Å². The molecule has 2 fully saturated rings. The van der Waals surface area contributed by atoms with Crippen LogP contribution in [-0.4, -0.2) is 24.7 Å². The Morgan fingerprint density at radius 2 is 2.40 bits per heavy atom. The van der Waals surface area contributed by atoms with E-state index in [9.17, 15) is 4.79 Å². The Kier molecular flexibility index (Phi) is 0.934. The summed E-state index contributed by atoms with van der Waals surface area (Å²) < 4.78 is 14.4. The van der Waals surface area contributed by atoms with Gasteiger partial charge in [-0.1, -0.05) is 6.58 Å². The number of rotatable bonds is 3. The first-order valence-corrected chi connectivity index (χ1v) is 2.92. The molecule has 2 rings (SSSR count). The Labute approximate surface area is 57.4 Å². The molecule has 0 saturated carbocycles. The minimum atomic E-state index is -0.543. The maximum Gasteiger partial charge on any atom is 0.330 e. The van der Waals surface area contributed by atoms with Gasteiger partial charge in [0.25, 0.3) is 5.79 Å². The van der Waals surface area contributed by atoms with Crippen molar-refractivity contribution in [2.24, 2.45) is 0 Å². The van der Waals surface area contributed by atoms with Gasteiger partial charge in [-0.3, -0.25) is 0 Å². The SMILES string of the molecule is C=CC(=O)OCC12OC1O2. The highest BCUT2D eigenvalue weighted by atomic mass is 17.0. The van der Waals surface area contributed by atoms with Gasteiger partial charge in [-0.2, -0.15) is 0 Å². The van der Waals surface area contributed by atoms with E-state index in [0.717, 1.165) is 6.08 Å². The number of epoxide rings is 2. The van der Waals surface area contributed by atoms with E-state index in [1.54, 1.807) is 0 Å². The van der Waals surface area contributed by atoms with Crippen LogP contribution in [0.3, 0.4) is 0 Å². The molecule has 0 amide bonds. The van der Waals surface area contributed by atoms with Crippen LogP contribution in [0.4, 0.5) is 0 Å². The van der Waals surface area contributed by atoms with Crippen LogP contribution in [0.25, 0.3) is 0 Å². The monoisotopic (exact) mass is 142 g/mol. The minimum Gasteiger partial charge on any atom is -0.457 e. The highest BCUT2D eigenvalue weighted by molar-refractivity contribution is 5.81. The molecule has 2 saturated heterocycles. The highest BCUT2D eigenvalue weighted by Crippen LogP contribution is 2.55. The fraction of sp³-hybridized carbons (Fsp3) is 0.500. The van der Waals surface area contributed by atoms with Crippen molar-refractivity contribution in [2.75, 3.05) is 6.61 Å². The Bertz CT molecular complexity index is 192. The zero-order valence-electron chi connectivity index (χ0n) is 5.20. The van der Waals surface area contributed by atoms with E-state index >= 15 is 0 Å². The quantitative estimate of drug-likeness (QED) is 0.311. The van der Waals surface area contributed by atoms with Gasteiger partial charge in [0, 0.05) is 6.08 Å². The maximum absolute atomic E-state index is 10.5. The highest BCUT2D eigenvalue weighted by Gasteiger charge is 2.78. The smallest absolute Gasteiger partial charge is 0.330 e. The van der Waals surface area contributed by atoms with Crippen LogP contribution < -0.4 is 0 Å². The molecule has 0 radical (unpaired) electrons. The number of fused-ring (bicyclic) bond motifs is 1. The van der Waals surface area contributed by atoms with Gasteiger partial charge >= 0.3 is 5.97 Å². The van der Waals surface area contributed by atoms with Crippen molar-refractivity contribution in [3.63, 3.8) is 0 Å². The Morgan fingerprint density at radius 3 is 2.80 bits per heavy atom. The Balaban J connectivity index is 1.72. The predicted molar refractivity (Wildman–Crippen MR) is 29.8 cm³/mol. The van der Waals surface area contributed by atoms with Crippen LogP contribution in [0.1, 0.15) is 0 Å². The molecule has 2 aliphatic rings. The lowest BCUT2D eigenvalue weighted by Gasteiger charge is -1.99. The lowest BCUT2D eigenvalue weighted by molar-refractivity contribution is -0.146. The summed E-state index contributed by atoms with van der Waals surface area (Å²) in [5.41, 5.74) is 0. The van der Waals surface area contributed by atoms with Crippen LogP contribution in [0.2, 0.25) is 0 Å². The van der Waals surface area contributed by atoms with Crippen molar-refractivity contribution >= 4 is 5.97 Å². The molecule has 0 N–H and O–H groups in total. The van der Waals surface area contributed by atoms with Gasteiger partial charge in [0.15, 0.2) is 6.61 Å². The van der Waals surface area contributed by atoms with Crippen LogP contribution in [0.15, 0.2) is 12.7 Å². The standard InChI is InChI=1S/C6H6O4/c1-2-4(7)8-3-6-5(9-6)10-6/h2,5H,1,3H2. The second kappa shape index (κ2) is 1.59. The summed E-state index contributed by atoms with van der Waals surface area (Å²) >= 11 is 0. The molecule has 10 heavy (non-hydrogen) atoms. The number of carbonyl (C=O) groups excluding carboxylic acids is 1. The fourth-order valence-electron chi connectivity index (χ4n) is 0.670. The summed E-state index contributed by atoms with van der Waals surface area (Å²) in [5, 5.41) is 0. The van der Waals surface area contributed by atoms with Gasteiger partial charge in [-0.05, 0) is 0 Å². The van der Waals surface area contributed by atoms with E-state index in [0.29, 0.717) is 0 Å². The van der Waals surface area contributed by atoms with E-state index in [1.165, 1.54) is 0 Å². The van der Waals surface area contributed by atoms with Gasteiger partial charge in [-0.25, -0.2) is 4.79 Å². The lowest BCUT2D eigenvalue weighted by Crippen LogP contribution is -2.12. The van der Waals surface area contributed by atoms with Crippen molar-refractivity contribution in [1.82, 2.24) is 0 Å². The summed E-state index contributed by atoms with van der Waals surface area (Å²) in [6, 6.07) is 0. The number of hydrogen-bond donors (Lipinski definition) is 0. The zero-order valence-corrected chi connectivity index (χ0v) is 5.20. The molecular formula is C6H6O4. The molecule has 0 spiro atoms. The van der Waals surface area contributed by atoms with Crippen LogP contribution >= 0.6 is 0 Å².